The molecule has 0 spiro atoms. The van der Waals surface area contributed by atoms with Gasteiger partial charge in [-0.3, -0.25) is 9.59 Å². The highest BCUT2D eigenvalue weighted by atomic mass is 16.5. The Morgan fingerprint density at radius 3 is 2.60 bits per heavy atom. The monoisotopic (exact) mass is 211 g/mol. The van der Waals surface area contributed by atoms with Gasteiger partial charge in [0.2, 0.25) is 0 Å². The Labute approximate surface area is 90.0 Å². The van der Waals surface area contributed by atoms with Crippen molar-refractivity contribution >= 4 is 11.9 Å². The van der Waals surface area contributed by atoms with Gasteiger partial charge in [-0.15, -0.1) is 0 Å². The van der Waals surface area contributed by atoms with Crippen molar-refractivity contribution in [2.75, 3.05) is 14.2 Å². The molecular formula is C11H14O4. The molecule has 0 radical (unpaired) electrons. The largest absolute Gasteiger partial charge is 0.468 e. The Morgan fingerprint density at radius 1 is 1.53 bits per heavy atom. The summed E-state index contributed by atoms with van der Waals surface area (Å²) in [5.41, 5.74) is -0.496. The predicted molar refractivity (Wildman–Crippen MR) is 54.0 cm³/mol. The van der Waals surface area contributed by atoms with Gasteiger partial charge in [-0.05, 0) is 12.8 Å². The van der Waals surface area contributed by atoms with Gasteiger partial charge in [-0.2, -0.15) is 0 Å². The van der Waals surface area contributed by atoms with Crippen molar-refractivity contribution < 1.29 is 20.4 Å². The van der Waals surface area contributed by atoms with E-state index in [1.807, 2.05) is 0 Å². The van der Waals surface area contributed by atoms with Crippen molar-refractivity contribution in [3.8, 4) is 0 Å². The molecule has 0 amide bonds. The van der Waals surface area contributed by atoms with Crippen LogP contribution in [0, 0.1) is 5.41 Å². The molecule has 0 aromatic heterocycles. The van der Waals surface area contributed by atoms with Gasteiger partial charge in [0.15, 0.2) is 5.41 Å². The third-order valence-corrected chi connectivity index (χ3v) is 2.58. The summed E-state index contributed by atoms with van der Waals surface area (Å²) in [5, 5.41) is 0. The second kappa shape index (κ2) is 4.29. The Morgan fingerprint density at radius 2 is 2.13 bits per heavy atom. The van der Waals surface area contributed by atoms with Gasteiger partial charge in [0.25, 0.3) is 0 Å². The minimum atomic E-state index is -1.27. The summed E-state index contributed by atoms with van der Waals surface area (Å²) < 4.78 is 16.2. The quantitative estimate of drug-likeness (QED) is 0.520. The van der Waals surface area contributed by atoms with E-state index in [0.29, 0.717) is 0 Å². The molecule has 0 aromatic rings. The fraction of sp³-hybridized carbons (Fsp3) is 0.455. The van der Waals surface area contributed by atoms with Gasteiger partial charge in [-0.1, -0.05) is 24.3 Å². The molecule has 0 fully saturated rings. The zero-order valence-electron chi connectivity index (χ0n) is 9.78. The predicted octanol–water partition coefficient (Wildman–Crippen LogP) is 1.23. The van der Waals surface area contributed by atoms with Crippen LogP contribution in [0.15, 0.2) is 24.3 Å². The first kappa shape index (κ1) is 9.96. The van der Waals surface area contributed by atoms with Crippen LogP contribution < -0.4 is 0 Å². The van der Waals surface area contributed by atoms with E-state index < -0.39 is 17.4 Å². The molecule has 0 bridgehead atoms. The van der Waals surface area contributed by atoms with E-state index in [0.717, 1.165) is 12.1 Å². The molecule has 82 valence electrons. The van der Waals surface area contributed by atoms with Crippen LogP contribution in [0.3, 0.4) is 0 Å². The number of hydrogen-bond donors (Lipinski definition) is 0. The van der Waals surface area contributed by atoms with Crippen molar-refractivity contribution in [2.45, 2.75) is 12.8 Å². The van der Waals surface area contributed by atoms with Crippen LogP contribution >= 0.6 is 0 Å². The number of carbonyl (C=O) groups excluding carboxylic acids is 2. The van der Waals surface area contributed by atoms with E-state index in [1.54, 1.807) is 12.2 Å². The first-order valence-electron chi connectivity index (χ1n) is 5.09. The van der Waals surface area contributed by atoms with Gasteiger partial charge in [-0.25, -0.2) is 0 Å². The van der Waals surface area contributed by atoms with Crippen molar-refractivity contribution in [3.05, 3.63) is 24.3 Å². The number of allylic oxidation sites excluding steroid dienone is 3. The molecular weight excluding hydrogens is 196 g/mol. The number of rotatable bonds is 3. The van der Waals surface area contributed by atoms with Crippen molar-refractivity contribution in [1.82, 2.24) is 0 Å². The van der Waals surface area contributed by atoms with Crippen molar-refractivity contribution in [3.63, 3.8) is 0 Å². The summed E-state index contributed by atoms with van der Waals surface area (Å²) in [4.78, 5) is 23.3. The van der Waals surface area contributed by atoms with Gasteiger partial charge in [0, 0.05) is 0 Å². The molecule has 15 heavy (non-hydrogen) atoms. The maximum atomic E-state index is 11.7. The highest BCUT2D eigenvalue weighted by molar-refractivity contribution is 6.01. The third kappa shape index (κ3) is 1.79. The van der Waals surface area contributed by atoms with E-state index in [9.17, 15) is 9.59 Å². The average Bonchev–Trinajstić information content (AvgIpc) is 2.73. The highest BCUT2D eigenvalue weighted by Gasteiger charge is 2.50. The van der Waals surface area contributed by atoms with E-state index in [-0.39, 0.29) is 12.8 Å². The Kier molecular flexibility index (Phi) is 2.85. The molecule has 1 aliphatic rings. The maximum absolute atomic E-state index is 11.7. The van der Waals surface area contributed by atoms with E-state index in [2.05, 4.69) is 9.47 Å². The van der Waals surface area contributed by atoms with Crippen molar-refractivity contribution in [2.24, 2.45) is 5.41 Å². The average molecular weight is 211 g/mol. The Hall–Kier alpha value is -1.58. The highest BCUT2D eigenvalue weighted by Crippen LogP contribution is 2.40. The normalized spacial score (nSPS) is 19.6. The number of methoxy groups -OCH3 is 2. The summed E-state index contributed by atoms with van der Waals surface area (Å²) >= 11 is 0. The van der Waals surface area contributed by atoms with Crippen LogP contribution in [0.1, 0.15) is 14.2 Å². The molecule has 4 heteroatoms. The zero-order chi connectivity index (χ0) is 12.2. The molecule has 0 N–H and O–H groups in total. The molecule has 0 saturated heterocycles. The number of esters is 2. The van der Waals surface area contributed by atoms with Gasteiger partial charge in [0.1, 0.15) is 0 Å². The molecule has 0 atom stereocenters. The molecule has 1 aliphatic carbocycles. The number of ether oxygens (including phenoxy) is 2. The van der Waals surface area contributed by atoms with Gasteiger partial charge in [0.05, 0.1) is 15.6 Å². The molecule has 0 saturated carbocycles. The lowest BCUT2D eigenvalue weighted by Crippen LogP contribution is -2.39. The molecule has 0 heterocycles. The first-order valence-corrected chi connectivity index (χ1v) is 4.51. The minimum absolute atomic E-state index is 0.224. The van der Waals surface area contributed by atoms with E-state index >= 15 is 0 Å². The fourth-order valence-corrected chi connectivity index (χ4v) is 1.71. The second-order valence-electron chi connectivity index (χ2n) is 3.39. The summed E-state index contributed by atoms with van der Waals surface area (Å²) in [6.07, 6.45) is 3.78. The molecule has 4 nitrogen and oxygen atoms in total. The summed E-state index contributed by atoms with van der Waals surface area (Å²) in [6.45, 7) is 1.12. The Balaban J connectivity index is 2.95. The van der Waals surface area contributed by atoms with Crippen LogP contribution in [0.25, 0.3) is 0 Å². The fourth-order valence-electron chi connectivity index (χ4n) is 1.71. The lowest BCUT2D eigenvalue weighted by molar-refractivity contribution is -0.168. The Bertz CT molecular complexity index is 341. The van der Waals surface area contributed by atoms with Crippen LogP contribution in [0.2, 0.25) is 0 Å². The van der Waals surface area contributed by atoms with Gasteiger partial charge >= 0.3 is 11.9 Å². The lowest BCUT2D eigenvalue weighted by atomic mass is 9.84. The molecule has 1 rings (SSSR count). The third-order valence-electron chi connectivity index (χ3n) is 2.58. The lowest BCUT2D eigenvalue weighted by Gasteiger charge is -2.22. The molecule has 0 aliphatic heterocycles. The molecule has 0 aromatic carbocycles. The summed E-state index contributed by atoms with van der Waals surface area (Å²) in [6, 6.07) is 0. The van der Waals surface area contributed by atoms with Gasteiger partial charge < -0.3 is 9.47 Å². The van der Waals surface area contributed by atoms with E-state index in [4.69, 9.17) is 1.37 Å². The van der Waals surface area contributed by atoms with Crippen LogP contribution in [-0.2, 0) is 19.1 Å². The molecule has 0 unspecified atom stereocenters. The standard InChI is InChI=1S/C11H14O4/c1-4-8-5-6-11(7-8,9(12)14-2)10(13)15-3/h4-5H,1,6-7H2,2-3H3/i1D. The smallest absolute Gasteiger partial charge is 0.323 e. The second-order valence-corrected chi connectivity index (χ2v) is 3.39. The zero-order valence-corrected chi connectivity index (χ0v) is 8.78. The van der Waals surface area contributed by atoms with Crippen LogP contribution in [0.5, 0.6) is 0 Å². The SMILES string of the molecule is [2H]C=CC1=CCC(C(=O)OC)(C(=O)OC)C1. The van der Waals surface area contributed by atoms with Crippen LogP contribution in [-0.4, -0.2) is 26.2 Å². The topological polar surface area (TPSA) is 52.6 Å². The maximum Gasteiger partial charge on any atom is 0.323 e. The number of hydrogen-bond acceptors (Lipinski definition) is 4. The summed E-state index contributed by atoms with van der Waals surface area (Å²) in [7, 11) is 2.48. The van der Waals surface area contributed by atoms with E-state index in [1.165, 1.54) is 14.2 Å². The summed E-state index contributed by atoms with van der Waals surface area (Å²) in [5.74, 6) is -1.19. The van der Waals surface area contributed by atoms with Crippen molar-refractivity contribution in [1.29, 1.82) is 0 Å². The first-order chi connectivity index (χ1) is 7.60. The number of carbonyl (C=O) groups is 2. The van der Waals surface area contributed by atoms with Crippen LogP contribution in [0.4, 0.5) is 0 Å². The minimum Gasteiger partial charge on any atom is -0.468 e.